The number of rotatable bonds is 7. The van der Waals surface area contributed by atoms with Crippen LogP contribution in [0.2, 0.25) is 0 Å². The van der Waals surface area contributed by atoms with E-state index in [0.29, 0.717) is 6.54 Å². The van der Waals surface area contributed by atoms with Crippen molar-refractivity contribution in [2.45, 2.75) is 38.1 Å². The van der Waals surface area contributed by atoms with Crippen LogP contribution in [0.25, 0.3) is 11.1 Å². The number of hydrogen-bond donors (Lipinski definition) is 0. The SMILES string of the molecule is CCCCC(C#N)(Cn1ccnc1)c1cc(-c2ccccc2)cs1. The molecule has 0 saturated heterocycles. The largest absolute Gasteiger partial charge is 0.336 e. The molecule has 4 heteroatoms. The maximum atomic E-state index is 10.1. The number of thiophene rings is 1. The minimum Gasteiger partial charge on any atom is -0.336 e. The molecule has 0 saturated carbocycles. The Bertz CT molecular complexity index is 799. The molecule has 1 atom stereocenters. The number of imidazole rings is 1. The van der Waals surface area contributed by atoms with Gasteiger partial charge in [0.25, 0.3) is 0 Å². The average Bonchev–Trinajstić information content (AvgIpc) is 3.31. The lowest BCUT2D eigenvalue weighted by atomic mass is 9.82. The van der Waals surface area contributed by atoms with E-state index in [1.54, 1.807) is 23.9 Å². The summed E-state index contributed by atoms with van der Waals surface area (Å²) in [5.74, 6) is 0. The zero-order valence-corrected chi connectivity index (χ0v) is 14.7. The van der Waals surface area contributed by atoms with Crippen molar-refractivity contribution in [2.75, 3.05) is 0 Å². The summed E-state index contributed by atoms with van der Waals surface area (Å²) in [6.07, 6.45) is 8.50. The summed E-state index contributed by atoms with van der Waals surface area (Å²) in [6.45, 7) is 2.82. The Morgan fingerprint density at radius 1 is 1.25 bits per heavy atom. The molecule has 0 bridgehead atoms. The van der Waals surface area contributed by atoms with E-state index in [9.17, 15) is 5.26 Å². The molecule has 0 radical (unpaired) electrons. The van der Waals surface area contributed by atoms with E-state index < -0.39 is 5.41 Å². The molecule has 3 rings (SSSR count). The molecule has 3 aromatic rings. The van der Waals surface area contributed by atoms with Crippen LogP contribution in [0.15, 0.2) is 60.5 Å². The smallest absolute Gasteiger partial charge is 0.109 e. The van der Waals surface area contributed by atoms with Gasteiger partial charge >= 0.3 is 0 Å². The molecule has 0 aliphatic rings. The van der Waals surface area contributed by atoms with E-state index in [4.69, 9.17) is 0 Å². The average molecular weight is 335 g/mol. The Hall–Kier alpha value is -2.38. The number of unbranched alkanes of at least 4 members (excludes halogenated alkanes) is 1. The number of benzene rings is 1. The molecule has 24 heavy (non-hydrogen) atoms. The van der Waals surface area contributed by atoms with Crippen molar-refractivity contribution in [2.24, 2.45) is 0 Å². The maximum Gasteiger partial charge on any atom is 0.109 e. The summed E-state index contributed by atoms with van der Waals surface area (Å²) in [7, 11) is 0. The van der Waals surface area contributed by atoms with Crippen molar-refractivity contribution in [3.05, 3.63) is 65.4 Å². The third kappa shape index (κ3) is 3.42. The third-order valence-electron chi connectivity index (χ3n) is 4.36. The van der Waals surface area contributed by atoms with Crippen LogP contribution >= 0.6 is 11.3 Å². The van der Waals surface area contributed by atoms with Crippen LogP contribution in [0.5, 0.6) is 0 Å². The Balaban J connectivity index is 1.96. The quantitative estimate of drug-likeness (QED) is 0.590. The van der Waals surface area contributed by atoms with Gasteiger partial charge in [0.05, 0.1) is 12.4 Å². The highest BCUT2D eigenvalue weighted by molar-refractivity contribution is 7.10. The van der Waals surface area contributed by atoms with Crippen molar-refractivity contribution in [1.82, 2.24) is 9.55 Å². The molecule has 0 aliphatic heterocycles. The summed E-state index contributed by atoms with van der Waals surface area (Å²) >= 11 is 1.69. The van der Waals surface area contributed by atoms with Gasteiger partial charge in [-0.2, -0.15) is 5.26 Å². The third-order valence-corrected chi connectivity index (χ3v) is 5.50. The first-order valence-electron chi connectivity index (χ1n) is 8.29. The molecule has 0 spiro atoms. The van der Waals surface area contributed by atoms with Crippen molar-refractivity contribution in [1.29, 1.82) is 5.26 Å². The van der Waals surface area contributed by atoms with E-state index >= 15 is 0 Å². The van der Waals surface area contributed by atoms with Crippen LogP contribution in [-0.4, -0.2) is 9.55 Å². The standard InChI is InChI=1S/C20H21N3S/c1-2-3-9-20(14-21,15-23-11-10-22-16-23)19-12-18(13-24-19)17-7-5-4-6-8-17/h4-8,10-13,16H,2-3,9,15H2,1H3. The normalized spacial score (nSPS) is 13.3. The van der Waals surface area contributed by atoms with Crippen LogP contribution in [0.3, 0.4) is 0 Å². The maximum absolute atomic E-state index is 10.1. The summed E-state index contributed by atoms with van der Waals surface area (Å²) in [6, 6.07) is 15.2. The Labute approximate surface area is 147 Å². The van der Waals surface area contributed by atoms with E-state index in [0.717, 1.165) is 24.1 Å². The zero-order chi connectivity index (χ0) is 16.8. The molecular weight excluding hydrogens is 314 g/mol. The number of hydrogen-bond acceptors (Lipinski definition) is 3. The highest BCUT2D eigenvalue weighted by Gasteiger charge is 2.34. The second-order valence-corrected chi connectivity index (χ2v) is 7.01. The predicted octanol–water partition coefficient (Wildman–Crippen LogP) is 5.26. The highest BCUT2D eigenvalue weighted by atomic mass is 32.1. The summed E-state index contributed by atoms with van der Waals surface area (Å²) < 4.78 is 2.01. The molecular formula is C20H21N3S. The lowest BCUT2D eigenvalue weighted by molar-refractivity contribution is 0.418. The molecule has 2 heterocycles. The van der Waals surface area contributed by atoms with Crippen LogP contribution in [-0.2, 0) is 12.0 Å². The van der Waals surface area contributed by atoms with Gasteiger partial charge in [-0.05, 0) is 29.0 Å². The molecule has 2 aromatic heterocycles. The first-order valence-corrected chi connectivity index (χ1v) is 9.17. The number of nitriles is 1. The van der Waals surface area contributed by atoms with Gasteiger partial charge in [-0.15, -0.1) is 11.3 Å². The topological polar surface area (TPSA) is 41.6 Å². The van der Waals surface area contributed by atoms with Gasteiger partial charge in [-0.1, -0.05) is 50.1 Å². The highest BCUT2D eigenvalue weighted by Crippen LogP contribution is 2.38. The fraction of sp³-hybridized carbons (Fsp3) is 0.300. The second kappa shape index (κ2) is 7.46. The van der Waals surface area contributed by atoms with Crippen molar-refractivity contribution in [3.8, 4) is 17.2 Å². The van der Waals surface area contributed by atoms with Gasteiger partial charge in [0.15, 0.2) is 0 Å². The predicted molar refractivity (Wildman–Crippen MR) is 98.8 cm³/mol. The van der Waals surface area contributed by atoms with Crippen molar-refractivity contribution in [3.63, 3.8) is 0 Å². The van der Waals surface area contributed by atoms with Crippen molar-refractivity contribution >= 4 is 11.3 Å². The van der Waals surface area contributed by atoms with Gasteiger partial charge in [0.1, 0.15) is 5.41 Å². The number of nitrogens with zero attached hydrogens (tertiary/aromatic N) is 3. The molecule has 0 aliphatic carbocycles. The molecule has 0 amide bonds. The Morgan fingerprint density at radius 3 is 2.75 bits per heavy atom. The summed E-state index contributed by atoms with van der Waals surface area (Å²) in [5.41, 5.74) is 1.90. The van der Waals surface area contributed by atoms with Gasteiger partial charge in [-0.3, -0.25) is 0 Å². The van der Waals surface area contributed by atoms with E-state index in [1.807, 2.05) is 29.0 Å². The van der Waals surface area contributed by atoms with Gasteiger partial charge in [0.2, 0.25) is 0 Å². The Morgan fingerprint density at radius 2 is 2.08 bits per heavy atom. The van der Waals surface area contributed by atoms with Gasteiger partial charge in [-0.25, -0.2) is 4.98 Å². The van der Waals surface area contributed by atoms with Crippen LogP contribution in [0, 0.1) is 11.3 Å². The fourth-order valence-corrected chi connectivity index (χ4v) is 4.06. The lowest BCUT2D eigenvalue weighted by Gasteiger charge is -2.26. The molecule has 1 unspecified atom stereocenters. The monoisotopic (exact) mass is 335 g/mol. The Kier molecular flexibility index (Phi) is 5.12. The van der Waals surface area contributed by atoms with Crippen molar-refractivity contribution < 1.29 is 0 Å². The van der Waals surface area contributed by atoms with Crippen LogP contribution in [0.4, 0.5) is 0 Å². The lowest BCUT2D eigenvalue weighted by Crippen LogP contribution is -2.28. The first-order chi connectivity index (χ1) is 11.8. The summed E-state index contributed by atoms with van der Waals surface area (Å²) in [5, 5.41) is 12.2. The minimum atomic E-state index is -0.492. The first kappa shape index (κ1) is 16.5. The van der Waals surface area contributed by atoms with E-state index in [-0.39, 0.29) is 0 Å². The molecule has 122 valence electrons. The fourth-order valence-electron chi connectivity index (χ4n) is 2.97. The van der Waals surface area contributed by atoms with Crippen LogP contribution < -0.4 is 0 Å². The molecule has 3 nitrogen and oxygen atoms in total. The van der Waals surface area contributed by atoms with E-state index in [2.05, 4.69) is 41.6 Å². The molecule has 0 fully saturated rings. The van der Waals surface area contributed by atoms with Gasteiger partial charge in [0, 0.05) is 23.8 Å². The second-order valence-electron chi connectivity index (χ2n) is 6.10. The van der Waals surface area contributed by atoms with Crippen LogP contribution in [0.1, 0.15) is 31.1 Å². The summed E-state index contributed by atoms with van der Waals surface area (Å²) in [4.78, 5) is 5.27. The zero-order valence-electron chi connectivity index (χ0n) is 13.9. The minimum absolute atomic E-state index is 0.492. The molecule has 0 N–H and O–H groups in total. The number of aromatic nitrogens is 2. The van der Waals surface area contributed by atoms with Gasteiger partial charge < -0.3 is 4.57 Å². The molecule has 1 aromatic carbocycles. The van der Waals surface area contributed by atoms with E-state index in [1.165, 1.54) is 11.1 Å².